The number of nitrogens with zero attached hydrogens (tertiary/aromatic N) is 1. The molecule has 0 spiro atoms. The van der Waals surface area contributed by atoms with Gasteiger partial charge in [-0.15, -0.1) is 0 Å². The molecule has 0 amide bonds. The van der Waals surface area contributed by atoms with E-state index in [0.717, 1.165) is 24.8 Å². The molecule has 1 saturated carbocycles. The van der Waals surface area contributed by atoms with Gasteiger partial charge < -0.3 is 10.0 Å². The molecule has 1 heterocycles. The lowest BCUT2D eigenvalue weighted by molar-refractivity contribution is 0.0510. The van der Waals surface area contributed by atoms with Crippen LogP contribution in [0.5, 0.6) is 0 Å². The molecule has 2 aliphatic rings. The van der Waals surface area contributed by atoms with Crippen LogP contribution in [-0.4, -0.2) is 35.2 Å². The Labute approximate surface area is 80.9 Å². The fourth-order valence-corrected chi connectivity index (χ4v) is 2.50. The molecule has 2 nitrogen and oxygen atoms in total. The van der Waals surface area contributed by atoms with Crippen LogP contribution in [-0.2, 0) is 0 Å². The minimum Gasteiger partial charge on any atom is -0.393 e. The Morgan fingerprint density at radius 1 is 1.15 bits per heavy atom. The number of aliphatic hydroxyl groups is 1. The topological polar surface area (TPSA) is 23.5 Å². The molecule has 76 valence electrons. The van der Waals surface area contributed by atoms with Crippen LogP contribution >= 0.6 is 0 Å². The summed E-state index contributed by atoms with van der Waals surface area (Å²) in [6.45, 7) is 4.91. The van der Waals surface area contributed by atoms with E-state index in [1.165, 1.54) is 32.4 Å². The Morgan fingerprint density at radius 3 is 2.31 bits per heavy atom. The first-order chi connectivity index (χ1) is 6.25. The van der Waals surface area contributed by atoms with Crippen molar-refractivity contribution in [2.24, 2.45) is 5.92 Å². The van der Waals surface area contributed by atoms with Gasteiger partial charge >= 0.3 is 0 Å². The summed E-state index contributed by atoms with van der Waals surface area (Å²) in [5, 5.41) is 9.37. The molecule has 1 unspecified atom stereocenters. The number of hydrogen-bond acceptors (Lipinski definition) is 2. The van der Waals surface area contributed by atoms with Crippen molar-refractivity contribution in [3.8, 4) is 0 Å². The molecule has 0 aromatic carbocycles. The second-order valence-corrected chi connectivity index (χ2v) is 4.81. The third-order valence-electron chi connectivity index (χ3n) is 3.77. The van der Waals surface area contributed by atoms with Gasteiger partial charge in [-0.3, -0.25) is 0 Å². The van der Waals surface area contributed by atoms with Crippen LogP contribution < -0.4 is 0 Å². The van der Waals surface area contributed by atoms with E-state index in [1.807, 2.05) is 0 Å². The number of aliphatic hydroxyl groups excluding tert-OH is 1. The molecule has 2 fully saturated rings. The van der Waals surface area contributed by atoms with Gasteiger partial charge in [0.1, 0.15) is 0 Å². The molecule has 1 aliphatic heterocycles. The van der Waals surface area contributed by atoms with E-state index in [4.69, 9.17) is 0 Å². The lowest BCUT2D eigenvalue weighted by Crippen LogP contribution is -2.48. The van der Waals surface area contributed by atoms with Gasteiger partial charge in [0.25, 0.3) is 0 Å². The predicted molar refractivity (Wildman–Crippen MR) is 53.6 cm³/mol. The largest absolute Gasteiger partial charge is 0.393 e. The second kappa shape index (κ2) is 3.97. The minimum absolute atomic E-state index is 0.00469. The Hall–Kier alpha value is -0.0800. The summed E-state index contributed by atoms with van der Waals surface area (Å²) in [5.41, 5.74) is 0. The van der Waals surface area contributed by atoms with Crippen molar-refractivity contribution in [2.75, 3.05) is 13.1 Å². The Bertz CT molecular complexity index is 163. The zero-order valence-corrected chi connectivity index (χ0v) is 8.58. The molecule has 2 rings (SSSR count). The first-order valence-corrected chi connectivity index (χ1v) is 5.68. The normalized spacial score (nSPS) is 41.5. The number of rotatable bonds is 2. The highest BCUT2D eigenvalue weighted by Gasteiger charge is 2.27. The van der Waals surface area contributed by atoms with Gasteiger partial charge in [0.2, 0.25) is 0 Å². The third kappa shape index (κ3) is 2.23. The van der Waals surface area contributed by atoms with Crippen LogP contribution in [0.15, 0.2) is 0 Å². The lowest BCUT2D eigenvalue weighted by Gasteiger charge is -2.42. The Kier molecular flexibility index (Phi) is 2.89. The molecule has 1 atom stereocenters. The van der Waals surface area contributed by atoms with Crippen molar-refractivity contribution in [3.05, 3.63) is 0 Å². The molecule has 0 radical (unpaired) electrons. The molecule has 2 heteroatoms. The standard InChI is InChI=1S/C11H21NO/c1-9-6-7-12(9)8-10-2-4-11(13)5-3-10/h9-11,13H,2-8H2,1H3. The monoisotopic (exact) mass is 183 g/mol. The van der Waals surface area contributed by atoms with E-state index in [0.29, 0.717) is 0 Å². The highest BCUT2D eigenvalue weighted by Crippen LogP contribution is 2.27. The highest BCUT2D eigenvalue weighted by atomic mass is 16.3. The summed E-state index contributed by atoms with van der Waals surface area (Å²) >= 11 is 0. The molecule has 1 aliphatic carbocycles. The predicted octanol–water partition coefficient (Wildman–Crippen LogP) is 1.63. The average molecular weight is 183 g/mol. The second-order valence-electron chi connectivity index (χ2n) is 4.81. The van der Waals surface area contributed by atoms with E-state index in [2.05, 4.69) is 11.8 Å². The van der Waals surface area contributed by atoms with Crippen LogP contribution in [0.2, 0.25) is 0 Å². The van der Waals surface area contributed by atoms with Crippen molar-refractivity contribution >= 4 is 0 Å². The first-order valence-electron chi connectivity index (χ1n) is 5.68. The van der Waals surface area contributed by atoms with Crippen molar-refractivity contribution in [1.29, 1.82) is 0 Å². The van der Waals surface area contributed by atoms with Gasteiger partial charge in [0, 0.05) is 12.6 Å². The number of likely N-dealkylation sites (tertiary alicyclic amines) is 1. The highest BCUT2D eigenvalue weighted by molar-refractivity contribution is 4.82. The van der Waals surface area contributed by atoms with Crippen molar-refractivity contribution in [1.82, 2.24) is 4.90 Å². The van der Waals surface area contributed by atoms with E-state index < -0.39 is 0 Å². The molecular weight excluding hydrogens is 162 g/mol. The quantitative estimate of drug-likeness (QED) is 0.703. The maximum Gasteiger partial charge on any atom is 0.0540 e. The zero-order chi connectivity index (χ0) is 9.26. The van der Waals surface area contributed by atoms with Gasteiger partial charge in [-0.05, 0) is 51.5 Å². The molecule has 1 saturated heterocycles. The summed E-state index contributed by atoms with van der Waals surface area (Å²) in [5.74, 6) is 0.867. The summed E-state index contributed by atoms with van der Waals surface area (Å²) in [6.07, 6.45) is 5.94. The fraction of sp³-hybridized carbons (Fsp3) is 1.00. The third-order valence-corrected chi connectivity index (χ3v) is 3.77. The van der Waals surface area contributed by atoms with Crippen molar-refractivity contribution in [3.63, 3.8) is 0 Å². The van der Waals surface area contributed by atoms with Gasteiger partial charge in [-0.1, -0.05) is 0 Å². The lowest BCUT2D eigenvalue weighted by atomic mass is 9.86. The molecule has 1 N–H and O–H groups in total. The van der Waals surface area contributed by atoms with Gasteiger partial charge in [0.15, 0.2) is 0 Å². The van der Waals surface area contributed by atoms with Crippen LogP contribution in [0.25, 0.3) is 0 Å². The van der Waals surface area contributed by atoms with Crippen molar-refractivity contribution < 1.29 is 5.11 Å². The van der Waals surface area contributed by atoms with E-state index >= 15 is 0 Å². The van der Waals surface area contributed by atoms with E-state index in [-0.39, 0.29) is 6.10 Å². The average Bonchev–Trinajstić information content (AvgIpc) is 2.15. The molecule has 0 bridgehead atoms. The molecule has 13 heavy (non-hydrogen) atoms. The van der Waals surface area contributed by atoms with E-state index in [9.17, 15) is 5.11 Å². The fourth-order valence-electron chi connectivity index (χ4n) is 2.50. The molecule has 0 aromatic rings. The van der Waals surface area contributed by atoms with Gasteiger partial charge in [0.05, 0.1) is 6.10 Å². The first kappa shape index (κ1) is 9.47. The van der Waals surface area contributed by atoms with Crippen LogP contribution in [0.3, 0.4) is 0 Å². The van der Waals surface area contributed by atoms with Crippen molar-refractivity contribution in [2.45, 2.75) is 51.2 Å². The van der Waals surface area contributed by atoms with Crippen LogP contribution in [0, 0.1) is 5.92 Å². The molecular formula is C11H21NO. The van der Waals surface area contributed by atoms with Crippen LogP contribution in [0.1, 0.15) is 39.0 Å². The Morgan fingerprint density at radius 2 is 1.85 bits per heavy atom. The van der Waals surface area contributed by atoms with Crippen LogP contribution in [0.4, 0.5) is 0 Å². The summed E-state index contributed by atoms with van der Waals surface area (Å²) in [6, 6.07) is 0.826. The maximum absolute atomic E-state index is 9.37. The summed E-state index contributed by atoms with van der Waals surface area (Å²) in [7, 11) is 0. The smallest absolute Gasteiger partial charge is 0.0540 e. The maximum atomic E-state index is 9.37. The SMILES string of the molecule is CC1CCN1CC1CCC(O)CC1. The summed E-state index contributed by atoms with van der Waals surface area (Å²) in [4.78, 5) is 2.59. The summed E-state index contributed by atoms with van der Waals surface area (Å²) < 4.78 is 0. The number of hydrogen-bond donors (Lipinski definition) is 1. The van der Waals surface area contributed by atoms with Gasteiger partial charge in [-0.25, -0.2) is 0 Å². The van der Waals surface area contributed by atoms with Gasteiger partial charge in [-0.2, -0.15) is 0 Å². The van der Waals surface area contributed by atoms with E-state index in [1.54, 1.807) is 0 Å². The zero-order valence-electron chi connectivity index (χ0n) is 8.58. The minimum atomic E-state index is 0.00469. The Balaban J connectivity index is 1.70. The molecule has 0 aromatic heterocycles.